The molecule has 1 aromatic heterocycles. The molecule has 0 unspecified atom stereocenters. The highest BCUT2D eigenvalue weighted by atomic mass is 19.3. The number of nitrogens with zero attached hydrogens (tertiary/aromatic N) is 2. The number of hydrogen-bond acceptors (Lipinski definition) is 4. The predicted octanol–water partition coefficient (Wildman–Crippen LogP) is 1.31. The predicted molar refractivity (Wildman–Crippen MR) is 47.3 cm³/mol. The number of nitrogens with one attached hydrogen (secondary N) is 1. The van der Waals surface area contributed by atoms with Crippen LogP contribution in [0.15, 0.2) is 12.4 Å². The lowest BCUT2D eigenvalue weighted by molar-refractivity contribution is 0.0214. The van der Waals surface area contributed by atoms with Gasteiger partial charge in [-0.2, -0.15) is 0 Å². The highest BCUT2D eigenvalue weighted by Gasteiger charge is 2.01. The van der Waals surface area contributed by atoms with E-state index in [2.05, 4.69) is 20.0 Å². The Morgan fingerprint density at radius 1 is 1.33 bits per heavy atom. The maximum atomic E-state index is 12.4. The summed E-state index contributed by atoms with van der Waals surface area (Å²) in [4.78, 5) is 7.22. The van der Waals surface area contributed by atoms with Crippen LogP contribution in [0.3, 0.4) is 0 Å². The monoisotopic (exact) mass is 221 g/mol. The van der Waals surface area contributed by atoms with Gasteiger partial charge in [-0.3, -0.25) is 0 Å². The van der Waals surface area contributed by atoms with E-state index >= 15 is 0 Å². The fourth-order valence-electron chi connectivity index (χ4n) is 0.811. The summed E-state index contributed by atoms with van der Waals surface area (Å²) in [6.07, 6.45) is -0.447. The van der Waals surface area contributed by atoms with E-state index in [1.807, 2.05) is 0 Å². The molecule has 84 valence electrons. The normalized spacial score (nSPS) is 10.7. The number of rotatable bonds is 6. The molecule has 0 saturated heterocycles. The Hall–Kier alpha value is -1.37. The van der Waals surface area contributed by atoms with Crippen LogP contribution in [0.2, 0.25) is 0 Å². The van der Waals surface area contributed by atoms with Crippen molar-refractivity contribution in [1.82, 2.24) is 9.97 Å². The first-order valence-electron chi connectivity index (χ1n) is 4.26. The fraction of sp³-hybridized carbons (Fsp3) is 0.500. The molecule has 0 aliphatic carbocycles. The van der Waals surface area contributed by atoms with Crippen molar-refractivity contribution < 1.29 is 17.9 Å². The van der Waals surface area contributed by atoms with Crippen LogP contribution >= 0.6 is 0 Å². The number of hydrogen-bond donors (Lipinski definition) is 1. The molecule has 0 fully saturated rings. The van der Waals surface area contributed by atoms with Crippen LogP contribution in [-0.4, -0.2) is 36.2 Å². The Kier molecular flexibility index (Phi) is 4.82. The zero-order chi connectivity index (χ0) is 11.1. The second-order valence-electron chi connectivity index (χ2n) is 2.62. The zero-order valence-electron chi connectivity index (χ0n) is 7.79. The van der Waals surface area contributed by atoms with E-state index in [4.69, 9.17) is 0 Å². The third kappa shape index (κ3) is 5.16. The van der Waals surface area contributed by atoms with Crippen LogP contribution in [0.25, 0.3) is 0 Å². The van der Waals surface area contributed by atoms with Gasteiger partial charge in [0.1, 0.15) is 6.61 Å². The van der Waals surface area contributed by atoms with Crippen LogP contribution in [0, 0.1) is 5.82 Å². The second-order valence-corrected chi connectivity index (χ2v) is 2.62. The molecule has 15 heavy (non-hydrogen) atoms. The quantitative estimate of drug-likeness (QED) is 0.736. The molecule has 1 aromatic rings. The number of ether oxygens (including phenoxy) is 1. The highest BCUT2D eigenvalue weighted by molar-refractivity contribution is 5.21. The number of aromatic nitrogens is 2. The van der Waals surface area contributed by atoms with Gasteiger partial charge in [0.05, 0.1) is 19.0 Å². The van der Waals surface area contributed by atoms with Gasteiger partial charge >= 0.3 is 0 Å². The van der Waals surface area contributed by atoms with Crippen molar-refractivity contribution in [3.63, 3.8) is 0 Å². The molecule has 4 nitrogen and oxygen atoms in total. The van der Waals surface area contributed by atoms with E-state index in [1.165, 1.54) is 0 Å². The lowest BCUT2D eigenvalue weighted by Crippen LogP contribution is -2.14. The summed E-state index contributed by atoms with van der Waals surface area (Å²) in [7, 11) is 0. The molecule has 0 saturated carbocycles. The van der Waals surface area contributed by atoms with Crippen molar-refractivity contribution in [1.29, 1.82) is 0 Å². The van der Waals surface area contributed by atoms with E-state index in [-0.39, 0.29) is 12.6 Å². The molecular weight excluding hydrogens is 211 g/mol. The van der Waals surface area contributed by atoms with Crippen LogP contribution in [0.5, 0.6) is 0 Å². The number of anilines is 1. The Bertz CT molecular complexity index is 281. The van der Waals surface area contributed by atoms with Crippen LogP contribution in [0.1, 0.15) is 0 Å². The molecule has 0 aromatic carbocycles. The maximum absolute atomic E-state index is 12.4. The topological polar surface area (TPSA) is 47.0 Å². The van der Waals surface area contributed by atoms with Gasteiger partial charge < -0.3 is 10.1 Å². The van der Waals surface area contributed by atoms with Gasteiger partial charge in [-0.05, 0) is 0 Å². The van der Waals surface area contributed by atoms with E-state index in [0.29, 0.717) is 6.54 Å². The fourth-order valence-corrected chi connectivity index (χ4v) is 0.811. The summed E-state index contributed by atoms with van der Waals surface area (Å²) in [5, 5.41) is 2.69. The molecule has 0 radical (unpaired) electrons. The van der Waals surface area contributed by atoms with Gasteiger partial charge in [0.25, 0.3) is 6.43 Å². The molecule has 1 heterocycles. The van der Waals surface area contributed by atoms with Crippen molar-refractivity contribution in [2.24, 2.45) is 0 Å². The van der Waals surface area contributed by atoms with Gasteiger partial charge in [0.2, 0.25) is 5.95 Å². The lowest BCUT2D eigenvalue weighted by Gasteiger charge is -2.04. The average Bonchev–Trinajstić information content (AvgIpc) is 2.20. The largest absolute Gasteiger partial charge is 0.374 e. The van der Waals surface area contributed by atoms with Gasteiger partial charge in [-0.1, -0.05) is 0 Å². The molecule has 1 rings (SSSR count). The summed E-state index contributed by atoms with van der Waals surface area (Å²) < 4.78 is 40.2. The summed E-state index contributed by atoms with van der Waals surface area (Å²) in [5.41, 5.74) is 0. The summed E-state index contributed by atoms with van der Waals surface area (Å²) in [6, 6.07) is 0. The first-order valence-corrected chi connectivity index (χ1v) is 4.26. The number of alkyl halides is 2. The molecule has 0 spiro atoms. The SMILES string of the molecule is Fc1cnc(NCCOCC(F)F)nc1. The molecule has 0 aliphatic heterocycles. The third-order valence-electron chi connectivity index (χ3n) is 1.39. The molecule has 0 atom stereocenters. The smallest absolute Gasteiger partial charge is 0.261 e. The average molecular weight is 221 g/mol. The minimum absolute atomic E-state index is 0.116. The molecule has 0 amide bonds. The van der Waals surface area contributed by atoms with Crippen molar-refractivity contribution in [2.75, 3.05) is 25.1 Å². The standard InChI is InChI=1S/C8H10F3N3O/c9-6-3-13-8(14-4-6)12-1-2-15-5-7(10)11/h3-4,7H,1-2,5H2,(H,12,13,14). The van der Waals surface area contributed by atoms with Crippen molar-refractivity contribution >= 4 is 5.95 Å². The maximum Gasteiger partial charge on any atom is 0.261 e. The van der Waals surface area contributed by atoms with Gasteiger partial charge in [-0.25, -0.2) is 23.1 Å². The van der Waals surface area contributed by atoms with E-state index in [1.54, 1.807) is 0 Å². The minimum atomic E-state index is -2.47. The van der Waals surface area contributed by atoms with E-state index in [0.717, 1.165) is 12.4 Å². The summed E-state index contributed by atoms with van der Waals surface area (Å²) in [5.74, 6) is -0.299. The third-order valence-corrected chi connectivity index (χ3v) is 1.39. The van der Waals surface area contributed by atoms with E-state index < -0.39 is 18.8 Å². The van der Waals surface area contributed by atoms with Crippen LogP contribution in [0.4, 0.5) is 19.1 Å². The Balaban J connectivity index is 2.12. The Morgan fingerprint density at radius 3 is 2.60 bits per heavy atom. The Labute approximate surface area is 84.5 Å². The number of halogens is 3. The van der Waals surface area contributed by atoms with Gasteiger partial charge in [0.15, 0.2) is 5.82 Å². The lowest BCUT2D eigenvalue weighted by atomic mass is 10.6. The highest BCUT2D eigenvalue weighted by Crippen LogP contribution is 1.97. The Morgan fingerprint density at radius 2 is 2.00 bits per heavy atom. The summed E-state index contributed by atoms with van der Waals surface area (Å²) >= 11 is 0. The first kappa shape index (κ1) is 11.7. The van der Waals surface area contributed by atoms with Crippen molar-refractivity contribution in [3.05, 3.63) is 18.2 Å². The summed E-state index contributed by atoms with van der Waals surface area (Å²) in [6.45, 7) is -0.185. The van der Waals surface area contributed by atoms with Gasteiger partial charge in [-0.15, -0.1) is 0 Å². The first-order chi connectivity index (χ1) is 7.18. The molecule has 0 bridgehead atoms. The molecular formula is C8H10F3N3O. The van der Waals surface area contributed by atoms with Crippen molar-refractivity contribution in [3.8, 4) is 0 Å². The van der Waals surface area contributed by atoms with Crippen molar-refractivity contribution in [2.45, 2.75) is 6.43 Å². The minimum Gasteiger partial charge on any atom is -0.374 e. The van der Waals surface area contributed by atoms with Crippen LogP contribution in [-0.2, 0) is 4.74 Å². The van der Waals surface area contributed by atoms with Gasteiger partial charge in [0, 0.05) is 6.54 Å². The molecule has 0 aliphatic rings. The van der Waals surface area contributed by atoms with Crippen LogP contribution < -0.4 is 5.32 Å². The second kappa shape index (κ2) is 6.18. The molecule has 7 heteroatoms. The molecule has 1 N–H and O–H groups in total. The van der Waals surface area contributed by atoms with E-state index in [9.17, 15) is 13.2 Å². The zero-order valence-corrected chi connectivity index (χ0v) is 7.79.